The zero-order valence-corrected chi connectivity index (χ0v) is 15.8. The molecule has 3 atom stereocenters. The number of ether oxygens (including phenoxy) is 2. The maximum atomic E-state index is 5.95. The first-order valence-electron chi connectivity index (χ1n) is 8.80. The van der Waals surface area contributed by atoms with Gasteiger partial charge in [0, 0.05) is 20.1 Å². The molecule has 3 fully saturated rings. The van der Waals surface area contributed by atoms with Gasteiger partial charge in [0.15, 0.2) is 0 Å². The third-order valence-electron chi connectivity index (χ3n) is 5.59. The third-order valence-corrected chi connectivity index (χ3v) is 7.29. The van der Waals surface area contributed by atoms with E-state index in [0.717, 1.165) is 37.9 Å². The molecule has 3 aliphatic carbocycles. The second-order valence-electron chi connectivity index (χ2n) is 8.58. The van der Waals surface area contributed by atoms with Crippen LogP contribution in [-0.4, -0.2) is 28.1 Å². The standard InChI is InChI=1S/C19H34O2Si/c1-6-7-18-12-17-8-9-19(18,13-16(17)2)14-21-15-20-10-11-22(3,4)5/h6,17-18H,1-2,7-15H2,3-5H3/t17-,18+,19-/m0/s1. The zero-order chi connectivity index (χ0) is 16.2. The van der Waals surface area contributed by atoms with E-state index in [9.17, 15) is 0 Å². The van der Waals surface area contributed by atoms with Crippen molar-refractivity contribution in [1.82, 2.24) is 0 Å². The van der Waals surface area contributed by atoms with E-state index >= 15 is 0 Å². The molecule has 0 spiro atoms. The smallest absolute Gasteiger partial charge is 0.146 e. The minimum absolute atomic E-state index is 0.294. The number of hydrogen-bond donors (Lipinski definition) is 0. The molecule has 126 valence electrons. The number of allylic oxidation sites excluding steroid dienone is 2. The van der Waals surface area contributed by atoms with Crippen molar-refractivity contribution < 1.29 is 9.47 Å². The minimum atomic E-state index is -0.999. The van der Waals surface area contributed by atoms with Crippen LogP contribution in [0.25, 0.3) is 0 Å². The van der Waals surface area contributed by atoms with Crippen molar-refractivity contribution in [1.29, 1.82) is 0 Å². The Kier molecular flexibility index (Phi) is 6.09. The lowest BCUT2D eigenvalue weighted by Gasteiger charge is -2.53. The van der Waals surface area contributed by atoms with E-state index in [-0.39, 0.29) is 0 Å². The van der Waals surface area contributed by atoms with Crippen LogP contribution in [0.5, 0.6) is 0 Å². The fourth-order valence-corrected chi connectivity index (χ4v) is 4.86. The van der Waals surface area contributed by atoms with Gasteiger partial charge in [0.25, 0.3) is 0 Å². The summed E-state index contributed by atoms with van der Waals surface area (Å²) in [6.45, 7) is 17.5. The van der Waals surface area contributed by atoms with Gasteiger partial charge in [0.2, 0.25) is 0 Å². The summed E-state index contributed by atoms with van der Waals surface area (Å²) < 4.78 is 11.6. The first-order valence-corrected chi connectivity index (χ1v) is 12.5. The monoisotopic (exact) mass is 322 g/mol. The molecule has 0 aromatic rings. The van der Waals surface area contributed by atoms with E-state index in [1.54, 1.807) is 0 Å². The quantitative estimate of drug-likeness (QED) is 0.250. The van der Waals surface area contributed by atoms with Gasteiger partial charge in [0.05, 0.1) is 6.61 Å². The van der Waals surface area contributed by atoms with Crippen molar-refractivity contribution in [3.05, 3.63) is 24.8 Å². The van der Waals surface area contributed by atoms with Gasteiger partial charge in [0.1, 0.15) is 6.79 Å². The van der Waals surface area contributed by atoms with Gasteiger partial charge in [-0.1, -0.05) is 37.9 Å². The van der Waals surface area contributed by atoms with Crippen molar-refractivity contribution in [3.63, 3.8) is 0 Å². The van der Waals surface area contributed by atoms with Crippen LogP contribution >= 0.6 is 0 Å². The lowest BCUT2D eigenvalue weighted by molar-refractivity contribution is -0.111. The van der Waals surface area contributed by atoms with Gasteiger partial charge < -0.3 is 9.47 Å². The van der Waals surface area contributed by atoms with Gasteiger partial charge in [-0.15, -0.1) is 6.58 Å². The van der Waals surface area contributed by atoms with E-state index < -0.39 is 8.07 Å². The fourth-order valence-electron chi connectivity index (χ4n) is 4.11. The number of rotatable bonds is 9. The van der Waals surface area contributed by atoms with E-state index in [1.807, 2.05) is 0 Å². The molecule has 22 heavy (non-hydrogen) atoms. The first kappa shape index (κ1) is 18.0. The molecule has 3 rings (SSSR count). The van der Waals surface area contributed by atoms with E-state index in [2.05, 4.69) is 38.9 Å². The molecule has 0 amide bonds. The van der Waals surface area contributed by atoms with Crippen LogP contribution in [0, 0.1) is 17.3 Å². The molecule has 0 heterocycles. The molecule has 2 nitrogen and oxygen atoms in total. The molecular weight excluding hydrogens is 288 g/mol. The first-order chi connectivity index (χ1) is 10.4. The lowest BCUT2D eigenvalue weighted by atomic mass is 9.53. The normalized spacial score (nSPS) is 31.5. The van der Waals surface area contributed by atoms with Gasteiger partial charge >= 0.3 is 0 Å². The summed E-state index contributed by atoms with van der Waals surface area (Å²) in [4.78, 5) is 0. The van der Waals surface area contributed by atoms with Crippen LogP contribution in [0.4, 0.5) is 0 Å². The molecule has 0 aromatic heterocycles. The van der Waals surface area contributed by atoms with Gasteiger partial charge in [-0.2, -0.15) is 0 Å². The van der Waals surface area contributed by atoms with Crippen molar-refractivity contribution in [2.75, 3.05) is 20.0 Å². The SMILES string of the molecule is C=CC[C@@H]1C[C@@H]2CC[C@@]1(COCOCC[Si](C)(C)C)CC2=C. The van der Waals surface area contributed by atoms with Crippen LogP contribution in [0.2, 0.25) is 25.7 Å². The number of fused-ring (bicyclic) bond motifs is 3. The summed E-state index contributed by atoms with van der Waals surface area (Å²) in [7, 11) is -0.999. The van der Waals surface area contributed by atoms with Gasteiger partial charge in [-0.3, -0.25) is 0 Å². The van der Waals surface area contributed by atoms with Crippen LogP contribution in [-0.2, 0) is 9.47 Å². The van der Waals surface area contributed by atoms with Crippen molar-refractivity contribution in [2.24, 2.45) is 17.3 Å². The molecule has 0 aliphatic heterocycles. The highest BCUT2D eigenvalue weighted by atomic mass is 28.3. The molecule has 0 N–H and O–H groups in total. The Morgan fingerprint density at radius 1 is 1.32 bits per heavy atom. The second-order valence-corrected chi connectivity index (χ2v) is 14.2. The Morgan fingerprint density at radius 3 is 2.73 bits per heavy atom. The average Bonchev–Trinajstić information content (AvgIpc) is 2.43. The minimum Gasteiger partial charge on any atom is -0.356 e. The summed E-state index contributed by atoms with van der Waals surface area (Å²) in [6, 6.07) is 1.21. The third kappa shape index (κ3) is 4.56. The van der Waals surface area contributed by atoms with Gasteiger partial charge in [-0.05, 0) is 50.0 Å². The van der Waals surface area contributed by atoms with Crippen LogP contribution in [0.1, 0.15) is 32.1 Å². The molecule has 0 radical (unpaired) electrons. The average molecular weight is 323 g/mol. The molecule has 3 heteroatoms. The van der Waals surface area contributed by atoms with E-state index in [4.69, 9.17) is 9.47 Å². The predicted molar refractivity (Wildman–Crippen MR) is 96.8 cm³/mol. The number of hydrogen-bond acceptors (Lipinski definition) is 2. The highest BCUT2D eigenvalue weighted by Crippen LogP contribution is 2.56. The Hall–Kier alpha value is -0.383. The second kappa shape index (κ2) is 7.46. The van der Waals surface area contributed by atoms with Crippen molar-refractivity contribution >= 4 is 8.07 Å². The molecule has 3 saturated carbocycles. The van der Waals surface area contributed by atoms with Crippen LogP contribution < -0.4 is 0 Å². The van der Waals surface area contributed by atoms with Crippen LogP contribution in [0.3, 0.4) is 0 Å². The Bertz CT molecular complexity index is 399. The molecule has 3 aliphatic rings. The topological polar surface area (TPSA) is 18.5 Å². The summed E-state index contributed by atoms with van der Waals surface area (Å²) in [5.74, 6) is 1.47. The Morgan fingerprint density at radius 2 is 2.09 bits per heavy atom. The predicted octanol–water partition coefficient (Wildman–Crippen LogP) is 5.25. The van der Waals surface area contributed by atoms with E-state index in [1.165, 1.54) is 30.9 Å². The summed E-state index contributed by atoms with van der Waals surface area (Å²) in [6.07, 6.45) is 8.20. The molecule has 2 bridgehead atoms. The highest BCUT2D eigenvalue weighted by Gasteiger charge is 2.48. The lowest BCUT2D eigenvalue weighted by Crippen LogP contribution is -2.46. The Balaban J connectivity index is 1.78. The highest BCUT2D eigenvalue weighted by molar-refractivity contribution is 6.76. The maximum Gasteiger partial charge on any atom is 0.146 e. The van der Waals surface area contributed by atoms with Crippen molar-refractivity contribution in [3.8, 4) is 0 Å². The van der Waals surface area contributed by atoms with Crippen molar-refractivity contribution in [2.45, 2.75) is 57.8 Å². The zero-order valence-electron chi connectivity index (χ0n) is 14.8. The Labute approximate surface area is 138 Å². The molecular formula is C19H34O2Si. The molecule has 0 unspecified atom stereocenters. The molecule has 0 aromatic carbocycles. The maximum absolute atomic E-state index is 5.95. The van der Waals surface area contributed by atoms with Gasteiger partial charge in [-0.25, -0.2) is 0 Å². The van der Waals surface area contributed by atoms with Crippen LogP contribution in [0.15, 0.2) is 24.8 Å². The molecule has 0 saturated heterocycles. The summed E-state index contributed by atoms with van der Waals surface area (Å²) in [5.41, 5.74) is 1.75. The van der Waals surface area contributed by atoms with E-state index in [0.29, 0.717) is 12.2 Å². The fraction of sp³-hybridized carbons (Fsp3) is 0.789. The largest absolute Gasteiger partial charge is 0.356 e. The summed E-state index contributed by atoms with van der Waals surface area (Å²) >= 11 is 0. The summed E-state index contributed by atoms with van der Waals surface area (Å²) in [5, 5.41) is 0.